The quantitative estimate of drug-likeness (QED) is 0.546. The summed E-state index contributed by atoms with van der Waals surface area (Å²) < 4.78 is 44.8. The van der Waals surface area contributed by atoms with Gasteiger partial charge in [-0.25, -0.2) is 15.0 Å². The van der Waals surface area contributed by atoms with Crippen molar-refractivity contribution in [2.75, 3.05) is 12.4 Å². The average molecular weight is 470 g/mol. The van der Waals surface area contributed by atoms with Crippen LogP contribution in [0.3, 0.4) is 0 Å². The van der Waals surface area contributed by atoms with Gasteiger partial charge in [0.1, 0.15) is 11.7 Å². The third-order valence-corrected chi connectivity index (χ3v) is 7.01. The van der Waals surface area contributed by atoms with Crippen molar-refractivity contribution >= 4 is 23.0 Å². The molecular weight excluding hydrogens is 449 g/mol. The molecule has 3 aromatic rings. The monoisotopic (exact) mass is 470 g/mol. The number of hydrogen-bond donors (Lipinski definition) is 2. The van der Waals surface area contributed by atoms with E-state index in [-0.39, 0.29) is 58.0 Å². The number of aromatic nitrogens is 4. The maximum Gasteiger partial charge on any atom is 0.417 e. The minimum Gasteiger partial charge on any atom is -0.469 e. The van der Waals surface area contributed by atoms with Gasteiger partial charge in [0.05, 0.1) is 36.0 Å². The maximum absolute atomic E-state index is 13.3. The molecule has 0 aromatic carbocycles. The van der Waals surface area contributed by atoms with Crippen LogP contribution < -0.4 is 5.32 Å². The molecular formula is C23H21F3N6O2. The van der Waals surface area contributed by atoms with E-state index < -0.39 is 11.7 Å². The van der Waals surface area contributed by atoms with E-state index in [1.165, 1.54) is 19.5 Å². The van der Waals surface area contributed by atoms with E-state index in [2.05, 4.69) is 25.3 Å². The van der Waals surface area contributed by atoms with Gasteiger partial charge >= 0.3 is 12.1 Å². The molecule has 0 amide bonds. The maximum atomic E-state index is 13.3. The normalized spacial score (nSPS) is 24.1. The lowest BCUT2D eigenvalue weighted by Gasteiger charge is -2.47. The molecule has 0 radical (unpaired) electrons. The molecule has 3 fully saturated rings. The van der Waals surface area contributed by atoms with E-state index in [0.717, 1.165) is 37.9 Å². The zero-order chi connectivity index (χ0) is 24.0. The van der Waals surface area contributed by atoms with Crippen molar-refractivity contribution in [3.63, 3.8) is 0 Å². The van der Waals surface area contributed by atoms with Crippen LogP contribution in [0.25, 0.3) is 22.3 Å². The zero-order valence-corrected chi connectivity index (χ0v) is 18.2. The first kappa shape index (κ1) is 22.1. The molecule has 34 heavy (non-hydrogen) atoms. The number of fused-ring (bicyclic) bond motifs is 4. The average Bonchev–Trinajstić information content (AvgIpc) is 3.27. The van der Waals surface area contributed by atoms with E-state index in [0.29, 0.717) is 5.56 Å². The summed E-state index contributed by atoms with van der Waals surface area (Å²) in [6.45, 7) is 0. The molecule has 0 saturated heterocycles. The van der Waals surface area contributed by atoms with Crippen molar-refractivity contribution in [1.29, 1.82) is 5.26 Å². The fraction of sp³-hybridized carbons (Fsp3) is 0.435. The van der Waals surface area contributed by atoms with Gasteiger partial charge < -0.3 is 15.0 Å². The lowest BCUT2D eigenvalue weighted by atomic mass is 9.61. The molecule has 2 N–H and O–H groups in total. The van der Waals surface area contributed by atoms with Gasteiger partial charge in [0, 0.05) is 29.4 Å². The van der Waals surface area contributed by atoms with Gasteiger partial charge in [-0.05, 0) is 43.6 Å². The number of anilines is 1. The Hall–Kier alpha value is -3.68. The van der Waals surface area contributed by atoms with Crippen molar-refractivity contribution in [1.82, 2.24) is 19.9 Å². The van der Waals surface area contributed by atoms with Crippen LogP contribution in [0.2, 0.25) is 0 Å². The van der Waals surface area contributed by atoms with Gasteiger partial charge in [-0.15, -0.1) is 0 Å². The molecule has 2 bridgehead atoms. The Labute approximate surface area is 192 Å². The number of nitrogens with one attached hydrogen (secondary N) is 2. The standard InChI is InChI=1S/C23H21F3N6O2/c1-34-21(33)17-11-2-4-12(5-3-11)19(17)32-22-30-8-13(7-27)18(31-22)16-10-29-20-15(16)6-14(9-28-20)23(24,25)26/h6,8-12,17,19H,2-5H2,1H3,(H,28,29)(H,30,31,32)/t11?,12?,17-,19-/m0/s1. The topological polar surface area (TPSA) is 117 Å². The lowest BCUT2D eigenvalue weighted by molar-refractivity contribution is -0.152. The van der Waals surface area contributed by atoms with E-state index in [1.807, 2.05) is 6.07 Å². The highest BCUT2D eigenvalue weighted by Gasteiger charge is 2.48. The van der Waals surface area contributed by atoms with Crippen LogP contribution in [0.1, 0.15) is 36.8 Å². The molecule has 3 aliphatic rings. The number of esters is 1. The second kappa shape index (κ2) is 8.27. The SMILES string of the molecule is COC(=O)[C@H]1C2CCC(CC2)[C@@H]1Nc1ncc(C#N)c(-c2c[nH]c3ncc(C(F)(F)F)cc23)n1. The first-order valence-electron chi connectivity index (χ1n) is 11.0. The third-order valence-electron chi connectivity index (χ3n) is 7.01. The fourth-order valence-electron chi connectivity index (χ4n) is 5.37. The predicted octanol–water partition coefficient (Wildman–Crippen LogP) is 4.30. The van der Waals surface area contributed by atoms with Gasteiger partial charge in [0.2, 0.25) is 5.95 Å². The lowest BCUT2D eigenvalue weighted by Crippen LogP contribution is -2.52. The molecule has 0 spiro atoms. The van der Waals surface area contributed by atoms with Crippen LogP contribution in [-0.4, -0.2) is 39.1 Å². The number of hydrogen-bond acceptors (Lipinski definition) is 7. The second-order valence-electron chi connectivity index (χ2n) is 8.78. The number of methoxy groups -OCH3 is 1. The summed E-state index contributed by atoms with van der Waals surface area (Å²) in [4.78, 5) is 28.0. The highest BCUT2D eigenvalue weighted by molar-refractivity contribution is 5.94. The zero-order valence-electron chi connectivity index (χ0n) is 18.2. The second-order valence-corrected chi connectivity index (χ2v) is 8.78. The molecule has 11 heteroatoms. The molecule has 6 rings (SSSR count). The third kappa shape index (κ3) is 3.73. The van der Waals surface area contributed by atoms with Crippen molar-refractivity contribution in [2.24, 2.45) is 17.8 Å². The predicted molar refractivity (Wildman–Crippen MR) is 115 cm³/mol. The molecule has 3 saturated carbocycles. The van der Waals surface area contributed by atoms with Crippen LogP contribution in [0, 0.1) is 29.1 Å². The minimum absolute atomic E-state index is 0.110. The number of nitriles is 1. The number of nitrogens with zero attached hydrogens (tertiary/aromatic N) is 4. The molecule has 3 aliphatic carbocycles. The van der Waals surface area contributed by atoms with Crippen LogP contribution >= 0.6 is 0 Å². The summed E-state index contributed by atoms with van der Waals surface area (Å²) in [5, 5.41) is 13.1. The molecule has 3 aromatic heterocycles. The number of pyridine rings is 1. The van der Waals surface area contributed by atoms with Gasteiger partial charge in [0.15, 0.2) is 0 Å². The number of ether oxygens (including phenoxy) is 1. The van der Waals surface area contributed by atoms with Crippen LogP contribution in [0.5, 0.6) is 0 Å². The van der Waals surface area contributed by atoms with E-state index in [1.54, 1.807) is 0 Å². The van der Waals surface area contributed by atoms with E-state index in [9.17, 15) is 23.2 Å². The van der Waals surface area contributed by atoms with Crippen molar-refractivity contribution in [3.8, 4) is 17.3 Å². The molecule has 0 unspecified atom stereocenters. The van der Waals surface area contributed by atoms with Crippen molar-refractivity contribution in [2.45, 2.75) is 37.9 Å². The van der Waals surface area contributed by atoms with Gasteiger partial charge in [0.25, 0.3) is 0 Å². The van der Waals surface area contributed by atoms with Crippen LogP contribution in [0.4, 0.5) is 19.1 Å². The molecule has 0 aliphatic heterocycles. The molecule has 8 nitrogen and oxygen atoms in total. The number of alkyl halides is 3. The largest absolute Gasteiger partial charge is 0.469 e. The summed E-state index contributed by atoms with van der Waals surface area (Å²) in [6.07, 6.45) is 2.89. The van der Waals surface area contributed by atoms with Crippen molar-refractivity contribution in [3.05, 3.63) is 35.8 Å². The summed E-state index contributed by atoms with van der Waals surface area (Å²) in [7, 11) is 1.37. The van der Waals surface area contributed by atoms with Crippen LogP contribution in [0.15, 0.2) is 24.7 Å². The molecule has 2 atom stereocenters. The van der Waals surface area contributed by atoms with Gasteiger partial charge in [-0.2, -0.15) is 18.4 Å². The number of H-pyrrole nitrogens is 1. The van der Waals surface area contributed by atoms with Crippen LogP contribution in [-0.2, 0) is 15.7 Å². The first-order valence-corrected chi connectivity index (χ1v) is 11.0. The highest BCUT2D eigenvalue weighted by atomic mass is 19.4. The number of rotatable bonds is 4. The molecule has 3 heterocycles. The Bertz CT molecular complexity index is 1290. The Morgan fingerprint density at radius 2 is 1.94 bits per heavy atom. The first-order chi connectivity index (χ1) is 16.3. The van der Waals surface area contributed by atoms with Gasteiger partial charge in [-0.1, -0.05) is 0 Å². The Morgan fingerprint density at radius 1 is 1.21 bits per heavy atom. The Balaban J connectivity index is 1.54. The van der Waals surface area contributed by atoms with E-state index >= 15 is 0 Å². The number of carbonyl (C=O) groups excluding carboxylic acids is 1. The fourth-order valence-corrected chi connectivity index (χ4v) is 5.37. The number of halogens is 3. The number of carbonyl (C=O) groups is 1. The highest BCUT2D eigenvalue weighted by Crippen LogP contribution is 2.46. The van der Waals surface area contributed by atoms with Crippen molar-refractivity contribution < 1.29 is 22.7 Å². The summed E-state index contributed by atoms with van der Waals surface area (Å²) >= 11 is 0. The molecule has 176 valence electrons. The summed E-state index contributed by atoms with van der Waals surface area (Å²) in [6, 6.07) is 2.77. The number of aromatic amines is 1. The smallest absolute Gasteiger partial charge is 0.417 e. The van der Waals surface area contributed by atoms with Gasteiger partial charge in [-0.3, -0.25) is 4.79 Å². The van der Waals surface area contributed by atoms with E-state index in [4.69, 9.17) is 4.74 Å². The Morgan fingerprint density at radius 3 is 2.62 bits per heavy atom. The summed E-state index contributed by atoms with van der Waals surface area (Å²) in [5.74, 6) is 0.0708. The Kier molecular flexibility index (Phi) is 5.38. The summed E-state index contributed by atoms with van der Waals surface area (Å²) in [5.41, 5.74) is -0.0481. The minimum atomic E-state index is -4.56.